The van der Waals surface area contributed by atoms with Gasteiger partial charge in [0.2, 0.25) is 0 Å². The van der Waals surface area contributed by atoms with Crippen LogP contribution in [0.25, 0.3) is 0 Å². The van der Waals surface area contributed by atoms with E-state index in [0.717, 1.165) is 0 Å². The summed E-state index contributed by atoms with van der Waals surface area (Å²) in [5.41, 5.74) is 0.454. The van der Waals surface area contributed by atoms with Gasteiger partial charge in [-0.25, -0.2) is 14.4 Å². The number of aliphatic hydroxyl groups is 1. The molecule has 1 unspecified atom stereocenters. The molecule has 1 aromatic rings. The molecule has 30 heavy (non-hydrogen) atoms. The highest BCUT2D eigenvalue weighted by atomic mass is 16.4. The number of carboxylic acids is 3. The second-order valence-corrected chi connectivity index (χ2v) is 6.44. The van der Waals surface area contributed by atoms with Crippen molar-refractivity contribution in [1.82, 2.24) is 20.9 Å². The van der Waals surface area contributed by atoms with Gasteiger partial charge in [-0.2, -0.15) is 0 Å². The smallest absolute Gasteiger partial charge is 0.326 e. The summed E-state index contributed by atoms with van der Waals surface area (Å²) in [6, 6.07) is 1.40. The van der Waals surface area contributed by atoms with E-state index < -0.39 is 48.7 Å². The lowest BCUT2D eigenvalue weighted by Crippen LogP contribution is -2.51. The van der Waals surface area contributed by atoms with E-state index in [1.807, 2.05) is 0 Å². The number of nitrogens with one attached hydrogen (secondary N) is 3. The molecule has 0 saturated carbocycles. The van der Waals surface area contributed by atoms with Crippen molar-refractivity contribution in [3.8, 4) is 0 Å². The Kier molecular flexibility index (Phi) is 10.8. The van der Waals surface area contributed by atoms with Crippen LogP contribution in [0, 0.1) is 0 Å². The maximum absolute atomic E-state index is 11.9. The van der Waals surface area contributed by atoms with E-state index in [2.05, 4.69) is 20.9 Å². The fourth-order valence-electron chi connectivity index (χ4n) is 2.50. The molecule has 0 aromatic carbocycles. The summed E-state index contributed by atoms with van der Waals surface area (Å²) in [6.45, 7) is 0.382. The van der Waals surface area contributed by atoms with Crippen molar-refractivity contribution in [1.29, 1.82) is 0 Å². The number of rotatable bonds is 14. The maximum atomic E-state index is 11.9. The summed E-state index contributed by atoms with van der Waals surface area (Å²) in [6.07, 6.45) is 0.788. The van der Waals surface area contributed by atoms with Crippen LogP contribution in [0.15, 0.2) is 24.4 Å². The van der Waals surface area contributed by atoms with E-state index in [9.17, 15) is 29.4 Å². The van der Waals surface area contributed by atoms with Gasteiger partial charge in [0.25, 0.3) is 0 Å². The molecule has 0 spiro atoms. The molecule has 166 valence electrons. The first-order valence-electron chi connectivity index (χ1n) is 9.27. The lowest BCUT2D eigenvalue weighted by atomic mass is 10.1. The minimum atomic E-state index is -1.45. The minimum absolute atomic E-state index is 0.0803. The molecule has 3 atom stereocenters. The number of aliphatic carboxylic acids is 3. The van der Waals surface area contributed by atoms with Gasteiger partial charge in [-0.15, -0.1) is 0 Å². The van der Waals surface area contributed by atoms with Crippen molar-refractivity contribution in [2.24, 2.45) is 0 Å². The average molecular weight is 426 g/mol. The van der Waals surface area contributed by atoms with Gasteiger partial charge in [-0.05, 0) is 44.4 Å². The Morgan fingerprint density at radius 1 is 0.933 bits per heavy atom. The van der Waals surface area contributed by atoms with Crippen LogP contribution >= 0.6 is 0 Å². The number of pyridine rings is 1. The summed E-state index contributed by atoms with van der Waals surface area (Å²) < 4.78 is 0. The van der Waals surface area contributed by atoms with Crippen LogP contribution in [-0.4, -0.2) is 68.0 Å². The monoisotopic (exact) mass is 426 g/mol. The van der Waals surface area contributed by atoms with E-state index in [4.69, 9.17) is 10.2 Å². The molecule has 1 heterocycles. The molecule has 7 N–H and O–H groups in total. The molecule has 0 aliphatic rings. The summed E-state index contributed by atoms with van der Waals surface area (Å²) >= 11 is 0. The van der Waals surface area contributed by atoms with E-state index in [0.29, 0.717) is 25.1 Å². The number of carbonyl (C=O) groups is 4. The van der Waals surface area contributed by atoms with E-state index in [1.165, 1.54) is 0 Å². The molecule has 0 aliphatic heterocycles. The number of unbranched alkanes of at least 4 members (excludes halogenated alkanes) is 1. The molecular formula is C18H26N4O8. The Labute approximate surface area is 172 Å². The number of aliphatic hydroxyl groups excluding tert-OH is 1. The maximum Gasteiger partial charge on any atom is 0.326 e. The highest BCUT2D eigenvalue weighted by molar-refractivity contribution is 5.86. The Morgan fingerprint density at radius 3 is 2.10 bits per heavy atom. The van der Waals surface area contributed by atoms with Gasteiger partial charge in [0.1, 0.15) is 18.3 Å². The third kappa shape index (κ3) is 9.80. The van der Waals surface area contributed by atoms with E-state index in [-0.39, 0.29) is 12.8 Å². The van der Waals surface area contributed by atoms with Crippen LogP contribution in [-0.2, 0) is 14.4 Å². The standard InChI is InChI=1S/C18H26N4O8/c23-14(24)8-7-13(17(28)29)22-18(30)21-12(16(26)27)6-2-4-10-20-15(25)11-5-1-3-9-19-11/h1,3,5,9,12-13,15,20,25H,2,4,6-8,10H2,(H,23,24)(H,26,27)(H,28,29)(H2,21,22,30)/t12-,13-,15?/m0/s1. The first-order chi connectivity index (χ1) is 14.2. The predicted molar refractivity (Wildman–Crippen MR) is 102 cm³/mol. The molecule has 1 rings (SSSR count). The van der Waals surface area contributed by atoms with Crippen molar-refractivity contribution in [2.45, 2.75) is 50.4 Å². The van der Waals surface area contributed by atoms with Crippen LogP contribution in [0.2, 0.25) is 0 Å². The molecule has 1 aromatic heterocycles. The number of carboxylic acid groups (broad SMARTS) is 3. The first-order valence-corrected chi connectivity index (χ1v) is 9.27. The molecule has 2 amide bonds. The van der Waals surface area contributed by atoms with Gasteiger partial charge < -0.3 is 31.1 Å². The molecule has 12 heteroatoms. The predicted octanol–water partition coefficient (Wildman–Crippen LogP) is -0.0972. The fourth-order valence-corrected chi connectivity index (χ4v) is 2.50. The van der Waals surface area contributed by atoms with Crippen molar-refractivity contribution in [3.63, 3.8) is 0 Å². The van der Waals surface area contributed by atoms with Crippen molar-refractivity contribution < 1.29 is 39.6 Å². The minimum Gasteiger partial charge on any atom is -0.481 e. The number of amides is 2. The number of urea groups is 1. The Morgan fingerprint density at radius 2 is 1.57 bits per heavy atom. The second kappa shape index (κ2) is 13.1. The summed E-state index contributed by atoms with van der Waals surface area (Å²) in [5.74, 6) is -3.92. The van der Waals surface area contributed by atoms with Crippen LogP contribution in [0.3, 0.4) is 0 Å². The SMILES string of the molecule is O=C(O)CC[C@H](NC(=O)N[C@@H](CCCCNC(O)c1ccccn1)C(=O)O)C(=O)O. The molecule has 0 bridgehead atoms. The summed E-state index contributed by atoms with van der Waals surface area (Å²) in [7, 11) is 0. The highest BCUT2D eigenvalue weighted by Gasteiger charge is 2.24. The highest BCUT2D eigenvalue weighted by Crippen LogP contribution is 2.07. The topological polar surface area (TPSA) is 198 Å². The van der Waals surface area contributed by atoms with E-state index >= 15 is 0 Å². The number of hydrogen-bond acceptors (Lipinski definition) is 7. The van der Waals surface area contributed by atoms with Crippen molar-refractivity contribution in [2.75, 3.05) is 6.54 Å². The number of aromatic nitrogens is 1. The zero-order chi connectivity index (χ0) is 22.5. The van der Waals surface area contributed by atoms with Gasteiger partial charge in [0.15, 0.2) is 0 Å². The van der Waals surface area contributed by atoms with Crippen LogP contribution in [0.5, 0.6) is 0 Å². The number of hydrogen-bond donors (Lipinski definition) is 7. The van der Waals surface area contributed by atoms with E-state index in [1.54, 1.807) is 24.4 Å². The Hall–Kier alpha value is -3.25. The third-order valence-electron chi connectivity index (χ3n) is 4.08. The van der Waals surface area contributed by atoms with Gasteiger partial charge in [-0.3, -0.25) is 15.1 Å². The van der Waals surface area contributed by atoms with Crippen LogP contribution in [0.1, 0.15) is 44.0 Å². The number of nitrogens with zero attached hydrogens (tertiary/aromatic N) is 1. The molecule has 0 saturated heterocycles. The number of carbonyl (C=O) groups excluding carboxylic acids is 1. The Bertz CT molecular complexity index is 715. The molecular weight excluding hydrogens is 400 g/mol. The average Bonchev–Trinajstić information content (AvgIpc) is 2.69. The molecule has 0 fully saturated rings. The lowest BCUT2D eigenvalue weighted by Gasteiger charge is -2.18. The van der Waals surface area contributed by atoms with Gasteiger partial charge >= 0.3 is 23.9 Å². The summed E-state index contributed by atoms with van der Waals surface area (Å²) in [5, 5.41) is 43.9. The first kappa shape index (κ1) is 24.8. The van der Waals surface area contributed by atoms with Crippen molar-refractivity contribution in [3.05, 3.63) is 30.1 Å². The Balaban J connectivity index is 2.39. The quantitative estimate of drug-likeness (QED) is 0.156. The zero-order valence-electron chi connectivity index (χ0n) is 16.2. The summed E-state index contributed by atoms with van der Waals surface area (Å²) in [4.78, 5) is 48.9. The van der Waals surface area contributed by atoms with Crippen molar-refractivity contribution >= 4 is 23.9 Å². The molecule has 0 aliphatic carbocycles. The largest absolute Gasteiger partial charge is 0.481 e. The zero-order valence-corrected chi connectivity index (χ0v) is 16.2. The third-order valence-corrected chi connectivity index (χ3v) is 4.08. The molecule has 0 radical (unpaired) electrons. The van der Waals surface area contributed by atoms with Gasteiger partial charge in [0.05, 0.1) is 5.69 Å². The lowest BCUT2D eigenvalue weighted by molar-refractivity contribution is -0.140. The normalized spacial score (nSPS) is 13.6. The second-order valence-electron chi connectivity index (χ2n) is 6.44. The van der Waals surface area contributed by atoms with Crippen LogP contribution in [0.4, 0.5) is 4.79 Å². The van der Waals surface area contributed by atoms with Crippen LogP contribution < -0.4 is 16.0 Å². The van der Waals surface area contributed by atoms with Gasteiger partial charge in [-0.1, -0.05) is 6.07 Å². The van der Waals surface area contributed by atoms with Gasteiger partial charge in [0, 0.05) is 12.6 Å². The molecule has 12 nitrogen and oxygen atoms in total. The fraction of sp³-hybridized carbons (Fsp3) is 0.500.